The van der Waals surface area contributed by atoms with Crippen molar-refractivity contribution in [3.8, 4) is 11.3 Å². The molecular weight excluding hydrogens is 392 g/mol. The van der Waals surface area contributed by atoms with Crippen LogP contribution in [0.25, 0.3) is 11.3 Å². The smallest absolute Gasteiger partial charge is 0.266 e. The van der Waals surface area contributed by atoms with Gasteiger partial charge in [-0.2, -0.15) is 14.5 Å². The number of hydrogen-bond acceptors (Lipinski definition) is 6. The van der Waals surface area contributed by atoms with E-state index in [1.807, 2.05) is 6.07 Å². The van der Waals surface area contributed by atoms with E-state index in [9.17, 15) is 13.2 Å². The zero-order valence-electron chi connectivity index (χ0n) is 16.2. The third kappa shape index (κ3) is 3.60. The topological polar surface area (TPSA) is 114 Å². The molecular formula is C19H22N6O3S. The lowest BCUT2D eigenvalue weighted by Crippen LogP contribution is -2.40. The zero-order chi connectivity index (χ0) is 20.6. The highest BCUT2D eigenvalue weighted by molar-refractivity contribution is 7.89. The van der Waals surface area contributed by atoms with E-state index >= 15 is 0 Å². The maximum atomic E-state index is 13.3. The van der Waals surface area contributed by atoms with Crippen LogP contribution in [-0.2, 0) is 16.6 Å². The fourth-order valence-electron chi connectivity index (χ4n) is 3.79. The van der Waals surface area contributed by atoms with E-state index in [1.54, 1.807) is 38.4 Å². The third-order valence-electron chi connectivity index (χ3n) is 5.16. The number of rotatable bonds is 5. The number of aromatic nitrogens is 5. The Hall–Kier alpha value is -2.85. The monoisotopic (exact) mass is 414 g/mol. The largest absolute Gasteiger partial charge is 0.281 e. The first kappa shape index (κ1) is 19.5. The second-order valence-corrected chi connectivity index (χ2v) is 8.98. The van der Waals surface area contributed by atoms with Gasteiger partial charge in [0.25, 0.3) is 5.56 Å². The molecule has 0 bridgehead atoms. The number of pyridine rings is 1. The van der Waals surface area contributed by atoms with Gasteiger partial charge in [0.1, 0.15) is 4.90 Å². The summed E-state index contributed by atoms with van der Waals surface area (Å²) < 4.78 is 29.3. The van der Waals surface area contributed by atoms with Crippen molar-refractivity contribution in [2.24, 2.45) is 0 Å². The van der Waals surface area contributed by atoms with Gasteiger partial charge in [0.2, 0.25) is 10.0 Å². The molecule has 3 aromatic heterocycles. The minimum Gasteiger partial charge on any atom is -0.281 e. The van der Waals surface area contributed by atoms with Crippen LogP contribution in [0.3, 0.4) is 0 Å². The van der Waals surface area contributed by atoms with Crippen molar-refractivity contribution in [3.63, 3.8) is 0 Å². The quantitative estimate of drug-likeness (QED) is 0.677. The molecule has 9 nitrogen and oxygen atoms in total. The Morgan fingerprint density at radius 1 is 1.24 bits per heavy atom. The van der Waals surface area contributed by atoms with Gasteiger partial charge in [-0.1, -0.05) is 0 Å². The van der Waals surface area contributed by atoms with Crippen LogP contribution in [0.1, 0.15) is 24.2 Å². The molecule has 4 rings (SSSR count). The summed E-state index contributed by atoms with van der Waals surface area (Å²) in [6.07, 6.45) is 4.74. The Bertz CT molecular complexity index is 1170. The zero-order valence-corrected chi connectivity index (χ0v) is 17.1. The fraction of sp³-hybridized carbons (Fsp3) is 0.368. The van der Waals surface area contributed by atoms with Gasteiger partial charge in [-0.05, 0) is 44.9 Å². The third-order valence-corrected chi connectivity index (χ3v) is 7.37. The van der Waals surface area contributed by atoms with E-state index in [4.69, 9.17) is 0 Å². The highest BCUT2D eigenvalue weighted by Gasteiger charge is 2.38. The molecule has 1 aliphatic rings. The van der Waals surface area contributed by atoms with Crippen LogP contribution in [0.2, 0.25) is 0 Å². The first-order valence-corrected chi connectivity index (χ1v) is 10.8. The second kappa shape index (κ2) is 7.53. The van der Waals surface area contributed by atoms with E-state index in [0.717, 1.165) is 12.0 Å². The highest BCUT2D eigenvalue weighted by Crippen LogP contribution is 2.29. The molecule has 1 aliphatic heterocycles. The average molecular weight is 414 g/mol. The minimum atomic E-state index is -3.71. The van der Waals surface area contributed by atoms with Crippen molar-refractivity contribution in [1.82, 2.24) is 29.3 Å². The summed E-state index contributed by atoms with van der Waals surface area (Å²) in [7, 11) is -3.71. The van der Waals surface area contributed by atoms with Crippen molar-refractivity contribution >= 4 is 10.0 Å². The van der Waals surface area contributed by atoms with Crippen molar-refractivity contribution in [2.45, 2.75) is 44.2 Å². The van der Waals surface area contributed by atoms with Gasteiger partial charge in [0.05, 0.1) is 23.6 Å². The Morgan fingerprint density at radius 3 is 2.76 bits per heavy atom. The molecule has 0 saturated carbocycles. The predicted molar refractivity (Wildman–Crippen MR) is 107 cm³/mol. The van der Waals surface area contributed by atoms with E-state index in [-0.39, 0.29) is 23.0 Å². The number of aromatic amines is 1. The molecule has 1 unspecified atom stereocenters. The Labute approximate surface area is 168 Å². The normalized spacial score (nSPS) is 17.7. The fourth-order valence-corrected chi connectivity index (χ4v) is 5.81. The molecule has 1 N–H and O–H groups in total. The number of nitrogens with one attached hydrogen (secondary N) is 1. The molecule has 0 spiro atoms. The van der Waals surface area contributed by atoms with Gasteiger partial charge >= 0.3 is 0 Å². The summed E-state index contributed by atoms with van der Waals surface area (Å²) >= 11 is 0. The molecule has 1 fully saturated rings. The number of hydrogen-bond donors (Lipinski definition) is 1. The molecule has 152 valence electrons. The lowest BCUT2D eigenvalue weighted by Gasteiger charge is -2.24. The highest BCUT2D eigenvalue weighted by atomic mass is 32.2. The first-order valence-electron chi connectivity index (χ1n) is 9.40. The molecule has 0 aromatic carbocycles. The number of H-pyrrole nitrogens is 1. The van der Waals surface area contributed by atoms with Gasteiger partial charge in [-0.25, -0.2) is 13.1 Å². The first-order chi connectivity index (χ1) is 13.9. The molecule has 1 atom stereocenters. The number of aryl methyl sites for hydroxylation is 2. The van der Waals surface area contributed by atoms with Crippen LogP contribution in [0, 0.1) is 13.8 Å². The molecule has 1 saturated heterocycles. The van der Waals surface area contributed by atoms with E-state index in [1.165, 1.54) is 15.1 Å². The molecule has 4 heterocycles. The van der Waals surface area contributed by atoms with Crippen LogP contribution in [-0.4, -0.2) is 50.3 Å². The van der Waals surface area contributed by atoms with E-state index in [2.05, 4.69) is 20.3 Å². The summed E-state index contributed by atoms with van der Waals surface area (Å²) in [6, 6.07) is 6.42. The lowest BCUT2D eigenvalue weighted by atomic mass is 10.2. The Balaban J connectivity index is 1.65. The molecule has 0 amide bonds. The summed E-state index contributed by atoms with van der Waals surface area (Å²) in [4.78, 5) is 16.7. The summed E-state index contributed by atoms with van der Waals surface area (Å²) in [6.45, 7) is 3.97. The standard InChI is InChI=1S/C19H22N6O3S/c1-13-19(14(2)22-21-13)29(27,28)25-10-4-6-16(25)12-24-18(26)8-7-17(23-24)15-5-3-9-20-11-15/h3,5,7-9,11,16H,4,6,10,12H2,1-2H3,(H,21,22). The maximum Gasteiger partial charge on any atom is 0.266 e. The summed E-state index contributed by atoms with van der Waals surface area (Å²) in [5.41, 5.74) is 2.11. The van der Waals surface area contributed by atoms with E-state index in [0.29, 0.717) is 30.0 Å². The molecule has 3 aromatic rings. The molecule has 0 radical (unpaired) electrons. The van der Waals surface area contributed by atoms with Crippen LogP contribution in [0.4, 0.5) is 0 Å². The SMILES string of the molecule is Cc1n[nH]c(C)c1S(=O)(=O)N1CCCC1Cn1nc(-c2cccnc2)ccc1=O. The van der Waals surface area contributed by atoms with Crippen molar-refractivity contribution in [3.05, 3.63) is 58.4 Å². The second-order valence-electron chi connectivity index (χ2n) is 7.16. The van der Waals surface area contributed by atoms with E-state index < -0.39 is 10.0 Å². The van der Waals surface area contributed by atoms with Crippen LogP contribution in [0.5, 0.6) is 0 Å². The summed E-state index contributed by atoms with van der Waals surface area (Å²) in [5.74, 6) is 0. The molecule has 29 heavy (non-hydrogen) atoms. The van der Waals surface area contributed by atoms with Gasteiger partial charge < -0.3 is 0 Å². The van der Waals surface area contributed by atoms with Crippen LogP contribution in [0.15, 0.2) is 46.3 Å². The van der Waals surface area contributed by atoms with Gasteiger partial charge in [0.15, 0.2) is 0 Å². The van der Waals surface area contributed by atoms with Crippen LogP contribution >= 0.6 is 0 Å². The Morgan fingerprint density at radius 2 is 2.07 bits per heavy atom. The lowest BCUT2D eigenvalue weighted by molar-refractivity contribution is 0.335. The van der Waals surface area contributed by atoms with Crippen molar-refractivity contribution < 1.29 is 8.42 Å². The molecule has 0 aliphatic carbocycles. The van der Waals surface area contributed by atoms with Gasteiger partial charge in [-0.15, -0.1) is 0 Å². The van der Waals surface area contributed by atoms with Crippen LogP contribution < -0.4 is 5.56 Å². The summed E-state index contributed by atoms with van der Waals surface area (Å²) in [5, 5.41) is 11.2. The molecule has 10 heteroatoms. The van der Waals surface area contributed by atoms with Gasteiger partial charge in [0, 0.05) is 36.6 Å². The number of nitrogens with zero attached hydrogens (tertiary/aromatic N) is 5. The Kier molecular flexibility index (Phi) is 5.05. The van der Waals surface area contributed by atoms with Crippen molar-refractivity contribution in [2.75, 3.05) is 6.54 Å². The minimum absolute atomic E-state index is 0.197. The average Bonchev–Trinajstić information content (AvgIpc) is 3.31. The van der Waals surface area contributed by atoms with Gasteiger partial charge in [-0.3, -0.25) is 14.9 Å². The van der Waals surface area contributed by atoms with Crippen molar-refractivity contribution in [1.29, 1.82) is 0 Å². The number of sulfonamides is 1. The maximum absolute atomic E-state index is 13.3. The predicted octanol–water partition coefficient (Wildman–Crippen LogP) is 1.50.